The summed E-state index contributed by atoms with van der Waals surface area (Å²) in [5.74, 6) is -4.08. The van der Waals surface area contributed by atoms with Crippen molar-refractivity contribution in [2.24, 2.45) is 17.2 Å². The van der Waals surface area contributed by atoms with Gasteiger partial charge >= 0.3 is 18.3 Å². The van der Waals surface area contributed by atoms with Crippen LogP contribution in [-0.4, -0.2) is 106 Å². The quantitative estimate of drug-likeness (QED) is 0.00800. The topological polar surface area (TPSA) is 332 Å². The third kappa shape index (κ3) is 23.4. The van der Waals surface area contributed by atoms with Crippen LogP contribution in [0.3, 0.4) is 0 Å². The first-order chi connectivity index (χ1) is 44.2. The van der Waals surface area contributed by atoms with Crippen LogP contribution in [-0.2, 0) is 62.2 Å². The lowest BCUT2D eigenvalue weighted by Crippen LogP contribution is -2.58. The Morgan fingerprint density at radius 1 is 0.372 bits per heavy atom. The highest BCUT2D eigenvalue weighted by Crippen LogP contribution is 2.35. The van der Waals surface area contributed by atoms with Crippen molar-refractivity contribution in [3.63, 3.8) is 0 Å². The van der Waals surface area contributed by atoms with Gasteiger partial charge in [-0.1, -0.05) is 36.4 Å². The van der Waals surface area contributed by atoms with Crippen LogP contribution < -0.4 is 49.1 Å². The fraction of sp³-hybridized carbons (Fsp3) is 0.443. The number of hydrogen-bond donors (Lipinski definition) is 9. The first-order valence-corrected chi connectivity index (χ1v) is 34.2. The first-order valence-electron chi connectivity index (χ1n) is 31.4. The number of rotatable bonds is 33. The van der Waals surface area contributed by atoms with Gasteiger partial charge in [0.1, 0.15) is 16.8 Å². The largest absolute Gasteiger partial charge is 0.444 e. The van der Waals surface area contributed by atoms with Gasteiger partial charge in [-0.25, -0.2) is 14.4 Å². The van der Waals surface area contributed by atoms with Crippen molar-refractivity contribution >= 4 is 104 Å². The summed E-state index contributed by atoms with van der Waals surface area (Å²) >= 11 is 4.26. The van der Waals surface area contributed by atoms with Crippen LogP contribution in [0.25, 0.3) is 0 Å². The van der Waals surface area contributed by atoms with E-state index in [1.165, 1.54) is 34.0 Å². The van der Waals surface area contributed by atoms with E-state index in [9.17, 15) is 43.2 Å². The van der Waals surface area contributed by atoms with Crippen LogP contribution >= 0.6 is 34.0 Å². The summed E-state index contributed by atoms with van der Waals surface area (Å²) in [5.41, 5.74) is 18.0. The number of carbonyl (C=O) groups excluding carboxylic acids is 9. The number of nitrogens with two attached hydrogens (primary N) is 3. The fourth-order valence-electron chi connectivity index (χ4n) is 10.0. The molecule has 0 aliphatic rings. The normalized spacial score (nSPS) is 13.6. The lowest BCUT2D eigenvalue weighted by Gasteiger charge is -2.28. The molecule has 3 aromatic heterocycles. The number of ether oxygens (including phenoxy) is 3. The lowest BCUT2D eigenvalue weighted by molar-refractivity contribution is -0.134. The van der Waals surface area contributed by atoms with Gasteiger partial charge in [-0.05, 0) is 240 Å². The van der Waals surface area contributed by atoms with E-state index in [0.717, 1.165) is 33.4 Å². The van der Waals surface area contributed by atoms with Crippen molar-refractivity contribution in [2.45, 2.75) is 179 Å². The van der Waals surface area contributed by atoms with Gasteiger partial charge in [-0.3, -0.25) is 28.8 Å². The number of thiophene rings is 3. The van der Waals surface area contributed by atoms with Gasteiger partial charge in [-0.2, -0.15) is 34.0 Å². The van der Waals surface area contributed by atoms with Gasteiger partial charge in [0, 0.05) is 61.9 Å². The van der Waals surface area contributed by atoms with E-state index in [1.807, 2.05) is 68.7 Å². The molecule has 3 aromatic carbocycles. The molecule has 0 bridgehead atoms. The molecule has 6 aromatic rings. The Balaban J connectivity index is 1.27. The second-order valence-corrected chi connectivity index (χ2v) is 28.8. The van der Waals surface area contributed by atoms with Crippen molar-refractivity contribution < 1.29 is 57.4 Å². The standard InChI is InChI=1S/C70H91N9O12S3/c1-65(2,3)89-62(86)74-34-13-10-31-68(71,55(80)40-46-28-37-92-43-46)59(83)77-52-22-16-49(17-23-52)58(50-18-24-53(25-19-50)78-60(84)69(72,56(81)41-47-29-38-93-44-47)32-11-14-35-75-63(87)90-66(4,5)6)51-20-26-54(27-21-51)79-61(85)70(73,57(82)42-48-30-39-94-45-48)33-12-15-36-76-64(88)91-67(7,8)9/h16-30,37-39,43-45,58H,10-15,31-36,40-42,71-73H2,1-9H3,(H,74,86)(H,75,87)(H,76,88)(H,77,83)(H,78,84)(H,79,85)/t68-,69-,70-/m1/s1. The number of carbonyl (C=O) groups is 9. The molecule has 0 unspecified atom stereocenters. The Hall–Kier alpha value is -8.13. The molecule has 0 fully saturated rings. The zero-order valence-corrected chi connectivity index (χ0v) is 57.6. The van der Waals surface area contributed by atoms with E-state index in [4.69, 9.17) is 31.4 Å². The molecule has 6 rings (SSSR count). The molecule has 3 atom stereocenters. The highest BCUT2D eigenvalue weighted by molar-refractivity contribution is 7.08. The Bertz CT molecular complexity index is 3120. The Morgan fingerprint density at radius 3 is 0.830 bits per heavy atom. The highest BCUT2D eigenvalue weighted by atomic mass is 32.1. The molecule has 0 aliphatic heterocycles. The van der Waals surface area contributed by atoms with Gasteiger partial charge in [0.05, 0.1) is 0 Å². The average molecular weight is 1350 g/mol. The number of nitrogens with one attached hydrogen (secondary N) is 6. The van der Waals surface area contributed by atoms with Crippen LogP contribution in [0.4, 0.5) is 31.4 Å². The number of Topliss-reactive ketones (excluding diaryl/α,β-unsaturated/α-hetero) is 3. The molecular formula is C70H91N9O12S3. The molecule has 24 heteroatoms. The molecule has 6 amide bonds. The molecule has 506 valence electrons. The van der Waals surface area contributed by atoms with Gasteiger partial charge < -0.3 is 63.3 Å². The Labute approximate surface area is 562 Å². The summed E-state index contributed by atoms with van der Waals surface area (Å²) in [7, 11) is 0. The number of benzene rings is 3. The number of anilines is 3. The van der Waals surface area contributed by atoms with Gasteiger partial charge in [0.2, 0.25) is 0 Å². The van der Waals surface area contributed by atoms with E-state index in [0.29, 0.717) is 55.6 Å². The zero-order valence-electron chi connectivity index (χ0n) is 55.2. The zero-order chi connectivity index (χ0) is 68.9. The Kier molecular flexibility index (Phi) is 26.9. The third-order valence-corrected chi connectivity index (χ3v) is 17.2. The molecule has 0 spiro atoms. The maximum atomic E-state index is 14.3. The van der Waals surface area contributed by atoms with Crippen LogP contribution in [0.15, 0.2) is 123 Å². The second-order valence-electron chi connectivity index (χ2n) is 26.4. The van der Waals surface area contributed by atoms with Gasteiger partial charge in [0.25, 0.3) is 17.7 Å². The van der Waals surface area contributed by atoms with Crippen LogP contribution in [0, 0.1) is 0 Å². The summed E-state index contributed by atoms with van der Waals surface area (Å²) in [6.45, 7) is 16.5. The molecular weight excluding hydrogens is 1260 g/mol. The summed E-state index contributed by atoms with van der Waals surface area (Å²) in [4.78, 5) is 122. The lowest BCUT2D eigenvalue weighted by atomic mass is 9.84. The van der Waals surface area contributed by atoms with Crippen molar-refractivity contribution in [1.82, 2.24) is 16.0 Å². The van der Waals surface area contributed by atoms with E-state index < -0.39 is 92.7 Å². The van der Waals surface area contributed by atoms with E-state index in [-0.39, 0.29) is 58.2 Å². The summed E-state index contributed by atoms with van der Waals surface area (Å²) < 4.78 is 16.0. The maximum Gasteiger partial charge on any atom is 0.407 e. The highest BCUT2D eigenvalue weighted by Gasteiger charge is 2.44. The molecule has 94 heavy (non-hydrogen) atoms. The molecule has 0 radical (unpaired) electrons. The predicted octanol–water partition coefficient (Wildman–Crippen LogP) is 11.5. The summed E-state index contributed by atoms with van der Waals surface area (Å²) in [6, 6.07) is 26.5. The molecule has 21 nitrogen and oxygen atoms in total. The SMILES string of the molecule is CC(C)(C)OC(=O)NCCCC[C@@](N)(C(=O)Cc1ccsc1)C(=O)Nc1ccc(C(c2ccc(NC(=O)[C@@](N)(CCCCNC(=O)OC(C)(C)C)C(=O)Cc3ccsc3)cc2)c2ccc(NC(=O)[C@@](N)(CCCCNC(=O)OC(C)(C)C)C(=O)Cc3ccsc3)cc2)cc1. The van der Waals surface area contributed by atoms with Crippen LogP contribution in [0.5, 0.6) is 0 Å². The molecule has 12 N–H and O–H groups in total. The number of ketones is 3. The summed E-state index contributed by atoms with van der Waals surface area (Å²) in [5, 5.41) is 27.8. The minimum absolute atomic E-state index is 0.00951. The van der Waals surface area contributed by atoms with Crippen LogP contribution in [0.1, 0.15) is 159 Å². The number of hydrogen-bond acceptors (Lipinski definition) is 18. The van der Waals surface area contributed by atoms with Gasteiger partial charge in [0.15, 0.2) is 34.0 Å². The van der Waals surface area contributed by atoms with Crippen LogP contribution in [0.2, 0.25) is 0 Å². The number of amides is 6. The molecule has 0 aliphatic carbocycles. The van der Waals surface area contributed by atoms with Crippen molar-refractivity contribution in [3.05, 3.63) is 157 Å². The maximum absolute atomic E-state index is 14.3. The van der Waals surface area contributed by atoms with Crippen molar-refractivity contribution in [1.29, 1.82) is 0 Å². The monoisotopic (exact) mass is 1350 g/mol. The molecule has 3 heterocycles. The predicted molar refractivity (Wildman–Crippen MR) is 370 cm³/mol. The smallest absolute Gasteiger partial charge is 0.407 e. The summed E-state index contributed by atoms with van der Waals surface area (Å²) in [6.07, 6.45) is 0.251. The number of alkyl carbamates (subject to hydrolysis) is 3. The van der Waals surface area contributed by atoms with Crippen molar-refractivity contribution in [3.8, 4) is 0 Å². The third-order valence-electron chi connectivity index (χ3n) is 15.0. The minimum atomic E-state index is -1.94. The van der Waals surface area contributed by atoms with Crippen molar-refractivity contribution in [2.75, 3.05) is 35.6 Å². The van der Waals surface area contributed by atoms with Gasteiger partial charge in [-0.15, -0.1) is 0 Å². The van der Waals surface area contributed by atoms with E-state index >= 15 is 0 Å². The second kappa shape index (κ2) is 33.8. The van der Waals surface area contributed by atoms with E-state index in [1.54, 1.807) is 117 Å². The van der Waals surface area contributed by atoms with E-state index in [2.05, 4.69) is 31.9 Å². The molecule has 0 saturated carbocycles. The fourth-order valence-corrected chi connectivity index (χ4v) is 12.0. The first kappa shape index (κ1) is 74.9. The molecule has 0 saturated heterocycles. The average Bonchev–Trinajstić information content (AvgIpc) is 0.879. The number of unbranched alkanes of at least 4 members (excludes halogenated alkanes) is 3. The Morgan fingerprint density at radius 2 is 0.617 bits per heavy atom. The minimum Gasteiger partial charge on any atom is -0.444 e.